The van der Waals surface area contributed by atoms with Gasteiger partial charge in [0.15, 0.2) is 0 Å². The molecule has 11 nitrogen and oxygen atoms in total. The largest absolute Gasteiger partial charge is 0.481 e. The topological polar surface area (TPSA) is 219 Å². The Hall–Kier alpha value is -2.24. The molecule has 0 radical (unpaired) electrons. The zero-order valence-corrected chi connectivity index (χ0v) is 14.0. The molecular weight excluding hydrogens is 336 g/mol. The monoisotopic (exact) mass is 364 g/mol. The van der Waals surface area contributed by atoms with Crippen LogP contribution in [0.1, 0.15) is 38.5 Å². The fourth-order valence-electron chi connectivity index (χ4n) is 1.47. The Kier molecular flexibility index (Phi) is 15.3. The van der Waals surface area contributed by atoms with E-state index in [1.54, 1.807) is 0 Å². The van der Waals surface area contributed by atoms with E-state index in [0.717, 1.165) is 12.8 Å². The van der Waals surface area contributed by atoms with Gasteiger partial charge in [0, 0.05) is 13.0 Å². The number of carbonyl (C=O) groups excluding carboxylic acids is 1. The molecule has 0 aliphatic carbocycles. The van der Waals surface area contributed by atoms with Gasteiger partial charge in [0.2, 0.25) is 5.91 Å². The first-order chi connectivity index (χ1) is 11.6. The molecule has 146 valence electrons. The number of carboxylic acids is 3. The maximum Gasteiger partial charge on any atom is 0.320 e. The first-order valence-electron chi connectivity index (χ1n) is 7.77. The van der Waals surface area contributed by atoms with Crippen molar-refractivity contribution < 1.29 is 34.5 Å². The Bertz CT molecular complexity index is 431. The van der Waals surface area contributed by atoms with Gasteiger partial charge in [-0.15, -0.1) is 0 Å². The molecule has 0 aromatic carbocycles. The smallest absolute Gasteiger partial charge is 0.320 e. The highest BCUT2D eigenvalue weighted by molar-refractivity contribution is 5.81. The average Bonchev–Trinajstić information content (AvgIpc) is 2.52. The van der Waals surface area contributed by atoms with E-state index in [1.165, 1.54) is 0 Å². The number of amides is 1. The summed E-state index contributed by atoms with van der Waals surface area (Å²) in [5.41, 5.74) is 15.9. The van der Waals surface area contributed by atoms with Gasteiger partial charge < -0.3 is 37.8 Å². The van der Waals surface area contributed by atoms with Gasteiger partial charge in [-0.05, 0) is 25.8 Å². The number of aliphatic carboxylic acids is 3. The minimum Gasteiger partial charge on any atom is -0.481 e. The minimum atomic E-state index is -1.17. The molecule has 0 saturated carbocycles. The molecule has 0 aliphatic rings. The number of rotatable bonds is 12. The molecule has 0 unspecified atom stereocenters. The zero-order chi connectivity index (χ0) is 19.8. The summed E-state index contributed by atoms with van der Waals surface area (Å²) in [5.74, 6) is -3.43. The van der Waals surface area contributed by atoms with Crippen LogP contribution in [0, 0.1) is 0 Å². The molecule has 0 rings (SSSR count). The van der Waals surface area contributed by atoms with Crippen molar-refractivity contribution >= 4 is 23.8 Å². The standard InChI is InChI=1S/C9H19N3O3.C5H9NO4/c10-5-2-1-3-7(11)9(15)12-6-4-8(13)14;6-3(5(9)10)1-2-4(7)8/h7H,1-6,10-11H2,(H,12,15)(H,13,14);3H,1-2,6H2,(H,7,8)(H,9,10)/t7-;3-/m00/s1. The Morgan fingerprint density at radius 1 is 0.840 bits per heavy atom. The maximum absolute atomic E-state index is 11.3. The van der Waals surface area contributed by atoms with Crippen LogP contribution in [0.2, 0.25) is 0 Å². The van der Waals surface area contributed by atoms with Gasteiger partial charge in [0.05, 0.1) is 12.5 Å². The fourth-order valence-corrected chi connectivity index (χ4v) is 1.47. The Labute approximate surface area is 145 Å². The molecule has 0 fully saturated rings. The number of hydrogen-bond acceptors (Lipinski definition) is 7. The van der Waals surface area contributed by atoms with Crippen molar-refractivity contribution in [1.82, 2.24) is 5.32 Å². The average molecular weight is 364 g/mol. The van der Waals surface area contributed by atoms with Crippen LogP contribution in [0.25, 0.3) is 0 Å². The third-order valence-corrected chi connectivity index (χ3v) is 2.93. The Balaban J connectivity index is 0. The van der Waals surface area contributed by atoms with Gasteiger partial charge in [-0.2, -0.15) is 0 Å². The summed E-state index contributed by atoms with van der Waals surface area (Å²) in [6.07, 6.45) is 1.93. The second kappa shape index (κ2) is 15.3. The normalized spacial score (nSPS) is 12.3. The summed E-state index contributed by atoms with van der Waals surface area (Å²) in [5, 5.41) is 27.1. The van der Waals surface area contributed by atoms with Crippen LogP contribution >= 0.6 is 0 Å². The molecule has 0 aromatic heterocycles. The molecular formula is C14H28N4O7. The van der Waals surface area contributed by atoms with Crippen molar-refractivity contribution in [3.8, 4) is 0 Å². The number of carboxylic acid groups (broad SMARTS) is 3. The molecule has 0 saturated heterocycles. The fraction of sp³-hybridized carbons (Fsp3) is 0.714. The third-order valence-electron chi connectivity index (χ3n) is 2.93. The van der Waals surface area contributed by atoms with Crippen molar-refractivity contribution in [2.24, 2.45) is 17.2 Å². The summed E-state index contributed by atoms with van der Waals surface area (Å²) in [6, 6.07) is -1.62. The van der Waals surface area contributed by atoms with Crippen molar-refractivity contribution in [1.29, 1.82) is 0 Å². The van der Waals surface area contributed by atoms with Crippen molar-refractivity contribution in [3.05, 3.63) is 0 Å². The summed E-state index contributed by atoms with van der Waals surface area (Å²) in [6.45, 7) is 0.714. The summed E-state index contributed by atoms with van der Waals surface area (Å²) < 4.78 is 0. The molecule has 11 heteroatoms. The summed E-state index contributed by atoms with van der Waals surface area (Å²) in [7, 11) is 0. The predicted octanol–water partition coefficient (Wildman–Crippen LogP) is -1.70. The van der Waals surface area contributed by atoms with E-state index in [9.17, 15) is 19.2 Å². The predicted molar refractivity (Wildman–Crippen MR) is 88.6 cm³/mol. The minimum absolute atomic E-state index is 0.0231. The lowest BCUT2D eigenvalue weighted by Gasteiger charge is -2.10. The van der Waals surface area contributed by atoms with Crippen molar-refractivity contribution in [2.45, 2.75) is 50.6 Å². The van der Waals surface area contributed by atoms with E-state index in [2.05, 4.69) is 5.32 Å². The highest BCUT2D eigenvalue weighted by Crippen LogP contribution is 1.97. The second-order valence-electron chi connectivity index (χ2n) is 5.20. The first-order valence-corrected chi connectivity index (χ1v) is 7.77. The number of carbonyl (C=O) groups is 4. The van der Waals surface area contributed by atoms with E-state index < -0.39 is 30.0 Å². The highest BCUT2D eigenvalue weighted by atomic mass is 16.4. The lowest BCUT2D eigenvalue weighted by atomic mass is 10.1. The number of unbranched alkanes of at least 4 members (excludes halogenated alkanes) is 1. The molecule has 0 aliphatic heterocycles. The van der Waals surface area contributed by atoms with Gasteiger partial charge in [-0.1, -0.05) is 6.42 Å². The van der Waals surface area contributed by atoms with E-state index >= 15 is 0 Å². The lowest BCUT2D eigenvalue weighted by molar-refractivity contribution is -0.140. The molecule has 0 aromatic rings. The molecule has 0 spiro atoms. The van der Waals surface area contributed by atoms with Crippen molar-refractivity contribution in [3.63, 3.8) is 0 Å². The van der Waals surface area contributed by atoms with Crippen molar-refractivity contribution in [2.75, 3.05) is 13.1 Å². The molecule has 25 heavy (non-hydrogen) atoms. The Morgan fingerprint density at radius 2 is 1.40 bits per heavy atom. The van der Waals surface area contributed by atoms with Crippen LogP contribution in [0.5, 0.6) is 0 Å². The first kappa shape index (κ1) is 25.0. The number of nitrogens with one attached hydrogen (secondary N) is 1. The molecule has 1 amide bonds. The maximum atomic E-state index is 11.3. The number of hydrogen-bond donors (Lipinski definition) is 7. The van der Waals surface area contributed by atoms with Gasteiger partial charge >= 0.3 is 17.9 Å². The molecule has 2 atom stereocenters. The zero-order valence-electron chi connectivity index (χ0n) is 14.0. The van der Waals surface area contributed by atoms with Gasteiger partial charge in [-0.25, -0.2) is 0 Å². The molecule has 0 heterocycles. The quantitative estimate of drug-likeness (QED) is 0.194. The lowest BCUT2D eigenvalue weighted by Crippen LogP contribution is -2.41. The van der Waals surface area contributed by atoms with E-state index in [1.807, 2.05) is 0 Å². The number of nitrogens with two attached hydrogens (primary N) is 3. The van der Waals surface area contributed by atoms with Gasteiger partial charge in [-0.3, -0.25) is 19.2 Å². The van der Waals surface area contributed by atoms with Gasteiger partial charge in [0.25, 0.3) is 0 Å². The van der Waals surface area contributed by atoms with Crippen LogP contribution in [0.4, 0.5) is 0 Å². The van der Waals surface area contributed by atoms with Crippen LogP contribution in [-0.4, -0.2) is 64.3 Å². The van der Waals surface area contributed by atoms with E-state index in [4.69, 9.17) is 32.5 Å². The Morgan fingerprint density at radius 3 is 1.84 bits per heavy atom. The van der Waals surface area contributed by atoms with Crippen LogP contribution < -0.4 is 22.5 Å². The van der Waals surface area contributed by atoms with Gasteiger partial charge in [0.1, 0.15) is 6.04 Å². The SMILES string of the molecule is NCCCC[C@H](N)C(=O)NCCC(=O)O.N[C@@H](CCC(=O)O)C(=O)O. The second-order valence-corrected chi connectivity index (χ2v) is 5.20. The van der Waals surface area contributed by atoms with Crippen LogP contribution in [0.3, 0.4) is 0 Å². The van der Waals surface area contributed by atoms with Crippen LogP contribution in [-0.2, 0) is 19.2 Å². The summed E-state index contributed by atoms with van der Waals surface area (Å²) >= 11 is 0. The highest BCUT2D eigenvalue weighted by Gasteiger charge is 2.13. The summed E-state index contributed by atoms with van der Waals surface area (Å²) in [4.78, 5) is 41.3. The third kappa shape index (κ3) is 17.9. The van der Waals surface area contributed by atoms with E-state index in [0.29, 0.717) is 13.0 Å². The molecule has 0 bridgehead atoms. The molecule has 10 N–H and O–H groups in total. The van der Waals surface area contributed by atoms with E-state index in [-0.39, 0.29) is 31.7 Å². The van der Waals surface area contributed by atoms with Crippen LogP contribution in [0.15, 0.2) is 0 Å².